The summed E-state index contributed by atoms with van der Waals surface area (Å²) in [4.78, 5) is 12.3. The Kier molecular flexibility index (Phi) is 3.92. The van der Waals surface area contributed by atoms with E-state index in [2.05, 4.69) is 0 Å². The number of hydrogen-bond donors (Lipinski definition) is 0. The van der Waals surface area contributed by atoms with Crippen molar-refractivity contribution in [3.63, 3.8) is 0 Å². The first-order valence-corrected chi connectivity index (χ1v) is 8.11. The molecule has 0 radical (unpaired) electrons. The van der Waals surface area contributed by atoms with Gasteiger partial charge in [-0.05, 0) is 47.8 Å². The molecule has 0 fully saturated rings. The lowest BCUT2D eigenvalue weighted by Crippen LogP contribution is -2.13. The first kappa shape index (κ1) is 15.7. The second kappa shape index (κ2) is 6.24. The van der Waals surface area contributed by atoms with Gasteiger partial charge in [-0.25, -0.2) is 4.39 Å². The van der Waals surface area contributed by atoms with Crippen LogP contribution in [-0.2, 0) is 4.79 Å². The number of rotatable bonds is 3. The predicted molar refractivity (Wildman–Crippen MR) is 90.5 cm³/mol. The summed E-state index contributed by atoms with van der Waals surface area (Å²) >= 11 is 0. The Morgan fingerprint density at radius 3 is 2.80 bits per heavy atom. The molecule has 0 aromatic heterocycles. The van der Waals surface area contributed by atoms with Crippen LogP contribution >= 0.6 is 0 Å². The van der Waals surface area contributed by atoms with Crippen molar-refractivity contribution in [3.05, 3.63) is 59.4 Å². The van der Waals surface area contributed by atoms with Gasteiger partial charge in [0.05, 0.1) is 7.11 Å². The fourth-order valence-electron chi connectivity index (χ4n) is 3.45. The van der Waals surface area contributed by atoms with Crippen molar-refractivity contribution in [2.45, 2.75) is 18.8 Å². The Balaban J connectivity index is 1.68. The van der Waals surface area contributed by atoms with E-state index in [4.69, 9.17) is 14.2 Å². The van der Waals surface area contributed by atoms with Gasteiger partial charge in [-0.15, -0.1) is 0 Å². The van der Waals surface area contributed by atoms with Crippen LogP contribution in [0.2, 0.25) is 0 Å². The highest BCUT2D eigenvalue weighted by Gasteiger charge is 2.26. The van der Waals surface area contributed by atoms with Crippen molar-refractivity contribution in [1.29, 1.82) is 0 Å². The number of halogens is 1. The lowest BCUT2D eigenvalue weighted by atomic mass is 9.80. The van der Waals surface area contributed by atoms with E-state index in [0.29, 0.717) is 29.9 Å². The second-order valence-corrected chi connectivity index (χ2v) is 6.17. The van der Waals surface area contributed by atoms with Crippen molar-refractivity contribution < 1.29 is 23.4 Å². The predicted octanol–water partition coefficient (Wildman–Crippen LogP) is 4.09. The van der Waals surface area contributed by atoms with Crippen LogP contribution in [0.3, 0.4) is 0 Å². The highest BCUT2D eigenvalue weighted by atomic mass is 19.1. The fourth-order valence-corrected chi connectivity index (χ4v) is 3.45. The average molecular weight is 340 g/mol. The third kappa shape index (κ3) is 2.86. The SMILES string of the molecule is COc1c(F)cccc1C1=CC(=O)C[C@H](c2ccc3c(c2)OCO3)C1. The van der Waals surface area contributed by atoms with E-state index < -0.39 is 5.82 Å². The van der Waals surface area contributed by atoms with E-state index in [1.807, 2.05) is 18.2 Å². The van der Waals surface area contributed by atoms with E-state index in [1.165, 1.54) is 13.2 Å². The van der Waals surface area contributed by atoms with Crippen LogP contribution in [0.4, 0.5) is 4.39 Å². The van der Waals surface area contributed by atoms with Crippen LogP contribution in [0.5, 0.6) is 17.2 Å². The Morgan fingerprint density at radius 2 is 1.96 bits per heavy atom. The molecule has 0 unspecified atom stereocenters. The summed E-state index contributed by atoms with van der Waals surface area (Å²) in [6, 6.07) is 10.5. The normalized spacial score (nSPS) is 18.9. The van der Waals surface area contributed by atoms with Gasteiger partial charge < -0.3 is 14.2 Å². The molecule has 0 bridgehead atoms. The maximum absolute atomic E-state index is 14.0. The van der Waals surface area contributed by atoms with Gasteiger partial charge in [0.25, 0.3) is 0 Å². The van der Waals surface area contributed by atoms with Crippen LogP contribution in [0, 0.1) is 5.82 Å². The van der Waals surface area contributed by atoms with Crippen molar-refractivity contribution in [2.24, 2.45) is 0 Å². The number of fused-ring (bicyclic) bond motifs is 1. The van der Waals surface area contributed by atoms with Crippen LogP contribution < -0.4 is 14.2 Å². The number of carbonyl (C=O) groups excluding carboxylic acids is 1. The average Bonchev–Trinajstić information content (AvgIpc) is 3.08. The minimum Gasteiger partial charge on any atom is -0.493 e. The van der Waals surface area contributed by atoms with Gasteiger partial charge in [-0.1, -0.05) is 18.2 Å². The quantitative estimate of drug-likeness (QED) is 0.844. The molecule has 4 rings (SSSR count). The summed E-state index contributed by atoms with van der Waals surface area (Å²) in [6.45, 7) is 0.216. The van der Waals surface area contributed by atoms with Gasteiger partial charge in [-0.2, -0.15) is 0 Å². The third-order valence-electron chi connectivity index (χ3n) is 4.63. The highest BCUT2D eigenvalue weighted by molar-refractivity contribution is 6.00. The van der Waals surface area contributed by atoms with Gasteiger partial charge in [0.2, 0.25) is 6.79 Å². The molecule has 128 valence electrons. The number of ether oxygens (including phenoxy) is 3. The molecule has 1 atom stereocenters. The molecule has 2 aromatic carbocycles. The Morgan fingerprint density at radius 1 is 1.12 bits per heavy atom. The van der Waals surface area contributed by atoms with Gasteiger partial charge in [0, 0.05) is 12.0 Å². The standard InChI is InChI=1S/C20H17FO4/c1-23-20-16(3-2-4-17(20)21)14-7-13(8-15(22)9-14)12-5-6-18-19(10-12)25-11-24-18/h2-6,9-10,13H,7-8,11H2,1H3/t13-/m1/s1. The lowest BCUT2D eigenvalue weighted by Gasteiger charge is -2.24. The third-order valence-corrected chi connectivity index (χ3v) is 4.63. The Labute approximate surface area is 144 Å². The highest BCUT2D eigenvalue weighted by Crippen LogP contribution is 2.42. The Hall–Kier alpha value is -2.82. The maximum atomic E-state index is 14.0. The molecule has 0 spiro atoms. The van der Waals surface area contributed by atoms with E-state index in [1.54, 1.807) is 18.2 Å². The Bertz CT molecular complexity index is 872. The summed E-state index contributed by atoms with van der Waals surface area (Å²) < 4.78 is 30.0. The summed E-state index contributed by atoms with van der Waals surface area (Å²) in [5.74, 6) is 1.19. The van der Waals surface area contributed by atoms with Crippen LogP contribution in [0.1, 0.15) is 29.9 Å². The molecule has 1 heterocycles. The van der Waals surface area contributed by atoms with E-state index >= 15 is 0 Å². The summed E-state index contributed by atoms with van der Waals surface area (Å²) in [5, 5.41) is 0. The minimum atomic E-state index is -0.432. The van der Waals surface area contributed by atoms with Crippen LogP contribution in [0.15, 0.2) is 42.5 Å². The van der Waals surface area contributed by atoms with Gasteiger partial charge in [-0.3, -0.25) is 4.79 Å². The molecule has 4 nitrogen and oxygen atoms in total. The van der Waals surface area contributed by atoms with Crippen molar-refractivity contribution in [2.75, 3.05) is 13.9 Å². The number of allylic oxidation sites excluding steroid dienone is 2. The summed E-state index contributed by atoms with van der Waals surface area (Å²) in [7, 11) is 1.43. The molecule has 5 heteroatoms. The van der Waals surface area contributed by atoms with Gasteiger partial charge >= 0.3 is 0 Å². The molecule has 0 N–H and O–H groups in total. The maximum Gasteiger partial charge on any atom is 0.231 e. The second-order valence-electron chi connectivity index (χ2n) is 6.17. The van der Waals surface area contributed by atoms with E-state index in [0.717, 1.165) is 11.1 Å². The molecule has 2 aliphatic rings. The minimum absolute atomic E-state index is 0.00923. The summed E-state index contributed by atoms with van der Waals surface area (Å²) in [6.07, 6.45) is 2.65. The number of para-hydroxylation sites is 1. The monoisotopic (exact) mass is 340 g/mol. The van der Waals surface area contributed by atoms with E-state index in [-0.39, 0.29) is 24.2 Å². The van der Waals surface area contributed by atoms with Crippen LogP contribution in [-0.4, -0.2) is 19.7 Å². The number of carbonyl (C=O) groups is 1. The molecule has 0 saturated carbocycles. The molecule has 25 heavy (non-hydrogen) atoms. The van der Waals surface area contributed by atoms with Gasteiger partial charge in [0.15, 0.2) is 28.8 Å². The first-order valence-electron chi connectivity index (χ1n) is 8.11. The molecular formula is C20H17FO4. The molecule has 0 amide bonds. The largest absolute Gasteiger partial charge is 0.493 e. The van der Waals surface area contributed by atoms with Crippen LogP contribution in [0.25, 0.3) is 5.57 Å². The zero-order chi connectivity index (χ0) is 17.4. The molecule has 1 aliphatic heterocycles. The fraction of sp³-hybridized carbons (Fsp3) is 0.250. The van der Waals surface area contributed by atoms with Gasteiger partial charge in [0.1, 0.15) is 0 Å². The molecular weight excluding hydrogens is 323 g/mol. The number of benzene rings is 2. The topological polar surface area (TPSA) is 44.8 Å². The molecule has 2 aromatic rings. The lowest BCUT2D eigenvalue weighted by molar-refractivity contribution is -0.115. The van der Waals surface area contributed by atoms with E-state index in [9.17, 15) is 9.18 Å². The van der Waals surface area contributed by atoms with Crippen molar-refractivity contribution in [3.8, 4) is 17.2 Å². The first-order chi connectivity index (χ1) is 12.2. The van der Waals surface area contributed by atoms with Crippen molar-refractivity contribution >= 4 is 11.4 Å². The zero-order valence-corrected chi connectivity index (χ0v) is 13.8. The zero-order valence-electron chi connectivity index (χ0n) is 13.8. The van der Waals surface area contributed by atoms with Crippen molar-refractivity contribution in [1.82, 2.24) is 0 Å². The number of ketones is 1. The summed E-state index contributed by atoms with van der Waals surface area (Å²) in [5.41, 5.74) is 2.43. The molecule has 0 saturated heterocycles. The number of hydrogen-bond acceptors (Lipinski definition) is 4. The number of methoxy groups -OCH3 is 1. The molecule has 1 aliphatic carbocycles. The smallest absolute Gasteiger partial charge is 0.231 e.